The van der Waals surface area contributed by atoms with Gasteiger partial charge in [0.05, 0.1) is 0 Å². The van der Waals surface area contributed by atoms with Crippen LogP contribution < -0.4 is 10.6 Å². The average Bonchev–Trinajstić information content (AvgIpc) is 2.18. The predicted octanol–water partition coefficient (Wildman–Crippen LogP) is 0.0539. The van der Waals surface area contributed by atoms with Gasteiger partial charge in [0.15, 0.2) is 0 Å². The zero-order chi connectivity index (χ0) is 11.3. The zero-order valence-electron chi connectivity index (χ0n) is 10.1. The number of hydrogen-bond donors (Lipinski definition) is 2. The van der Waals surface area contributed by atoms with E-state index in [9.17, 15) is 4.79 Å². The Morgan fingerprint density at radius 1 is 1.40 bits per heavy atom. The molecule has 0 unspecified atom stereocenters. The Bertz CT molecular complexity index is 210. The normalized spacial score (nSPS) is 20.3. The number of rotatable bonds is 4. The molecule has 1 amide bonds. The minimum atomic E-state index is -0.155. The molecule has 15 heavy (non-hydrogen) atoms. The molecule has 1 aliphatic heterocycles. The van der Waals surface area contributed by atoms with Crippen LogP contribution in [-0.2, 0) is 4.79 Å². The molecule has 0 saturated carbocycles. The van der Waals surface area contributed by atoms with E-state index < -0.39 is 0 Å². The van der Waals surface area contributed by atoms with Crippen molar-refractivity contribution in [1.29, 1.82) is 0 Å². The summed E-state index contributed by atoms with van der Waals surface area (Å²) in [6.45, 7) is 5.63. The zero-order valence-corrected chi connectivity index (χ0v) is 10.1. The summed E-state index contributed by atoms with van der Waals surface area (Å²) < 4.78 is 0. The highest BCUT2D eigenvalue weighted by Crippen LogP contribution is 2.27. The summed E-state index contributed by atoms with van der Waals surface area (Å²) in [6.07, 6.45) is 1.89. The molecule has 0 aliphatic carbocycles. The molecule has 0 atom stereocenters. The first-order valence-electron chi connectivity index (χ1n) is 5.68. The molecular weight excluding hydrogens is 190 g/mol. The third kappa shape index (κ3) is 3.80. The van der Waals surface area contributed by atoms with Crippen molar-refractivity contribution in [2.75, 3.05) is 40.3 Å². The number of carbonyl (C=O) groups excluding carboxylic acids is 1. The van der Waals surface area contributed by atoms with Gasteiger partial charge in [-0.15, -0.1) is 0 Å². The fourth-order valence-corrected chi connectivity index (χ4v) is 1.81. The van der Waals surface area contributed by atoms with Gasteiger partial charge in [0.2, 0.25) is 5.91 Å². The van der Waals surface area contributed by atoms with Crippen molar-refractivity contribution in [3.8, 4) is 0 Å². The van der Waals surface area contributed by atoms with E-state index in [2.05, 4.69) is 22.5 Å². The van der Waals surface area contributed by atoms with Crippen molar-refractivity contribution in [2.45, 2.75) is 19.8 Å². The topological polar surface area (TPSA) is 44.4 Å². The van der Waals surface area contributed by atoms with Crippen molar-refractivity contribution < 1.29 is 4.79 Å². The predicted molar refractivity (Wildman–Crippen MR) is 61.8 cm³/mol. The molecule has 1 heterocycles. The van der Waals surface area contributed by atoms with Crippen LogP contribution in [0, 0.1) is 5.41 Å². The lowest BCUT2D eigenvalue weighted by Gasteiger charge is -2.32. The molecule has 0 bridgehead atoms. The van der Waals surface area contributed by atoms with Gasteiger partial charge in [-0.3, -0.25) is 4.79 Å². The highest BCUT2D eigenvalue weighted by molar-refractivity contribution is 5.82. The standard InChI is InChI=1S/C11H23N3O/c1-11(4-6-12-7-5-11)10(15)13-8-9-14(2)3/h12H,4-9H2,1-3H3,(H,13,15). The van der Waals surface area contributed by atoms with E-state index in [0.29, 0.717) is 0 Å². The first-order valence-corrected chi connectivity index (χ1v) is 5.68. The number of nitrogens with zero attached hydrogens (tertiary/aromatic N) is 1. The third-order valence-electron chi connectivity index (χ3n) is 3.10. The van der Waals surface area contributed by atoms with Gasteiger partial charge < -0.3 is 15.5 Å². The minimum Gasteiger partial charge on any atom is -0.354 e. The molecule has 0 aromatic rings. The quantitative estimate of drug-likeness (QED) is 0.694. The highest BCUT2D eigenvalue weighted by atomic mass is 16.2. The lowest BCUT2D eigenvalue weighted by Crippen LogP contribution is -2.47. The van der Waals surface area contributed by atoms with Gasteiger partial charge in [0.25, 0.3) is 0 Å². The van der Waals surface area contributed by atoms with Crippen molar-refractivity contribution in [3.05, 3.63) is 0 Å². The maximum atomic E-state index is 11.9. The molecule has 1 fully saturated rings. The Morgan fingerprint density at radius 3 is 2.53 bits per heavy atom. The van der Waals surface area contributed by atoms with Gasteiger partial charge >= 0.3 is 0 Å². The van der Waals surface area contributed by atoms with Crippen LogP contribution in [0.4, 0.5) is 0 Å². The van der Waals surface area contributed by atoms with Gasteiger partial charge in [-0.2, -0.15) is 0 Å². The van der Waals surface area contributed by atoms with E-state index in [4.69, 9.17) is 0 Å². The summed E-state index contributed by atoms with van der Waals surface area (Å²) in [5.41, 5.74) is -0.155. The van der Waals surface area contributed by atoms with Crippen LogP contribution >= 0.6 is 0 Å². The minimum absolute atomic E-state index is 0.155. The van der Waals surface area contributed by atoms with E-state index in [1.54, 1.807) is 0 Å². The van der Waals surface area contributed by atoms with E-state index >= 15 is 0 Å². The lowest BCUT2D eigenvalue weighted by molar-refractivity contribution is -0.131. The van der Waals surface area contributed by atoms with Crippen LogP contribution in [0.2, 0.25) is 0 Å². The van der Waals surface area contributed by atoms with Gasteiger partial charge in [0, 0.05) is 18.5 Å². The lowest BCUT2D eigenvalue weighted by atomic mass is 9.80. The summed E-state index contributed by atoms with van der Waals surface area (Å²) in [7, 11) is 4.02. The molecular formula is C11H23N3O. The summed E-state index contributed by atoms with van der Waals surface area (Å²) in [4.78, 5) is 14.0. The average molecular weight is 213 g/mol. The summed E-state index contributed by atoms with van der Waals surface area (Å²) in [6, 6.07) is 0. The van der Waals surface area contributed by atoms with Crippen LogP contribution in [0.1, 0.15) is 19.8 Å². The Kier molecular flexibility index (Phi) is 4.54. The number of likely N-dealkylation sites (N-methyl/N-ethyl adjacent to an activating group) is 1. The van der Waals surface area contributed by atoms with Crippen LogP contribution in [0.5, 0.6) is 0 Å². The fourth-order valence-electron chi connectivity index (χ4n) is 1.81. The maximum Gasteiger partial charge on any atom is 0.226 e. The van der Waals surface area contributed by atoms with Gasteiger partial charge in [-0.05, 0) is 40.0 Å². The smallest absolute Gasteiger partial charge is 0.226 e. The molecule has 0 radical (unpaired) electrons. The first kappa shape index (κ1) is 12.5. The molecule has 0 aromatic carbocycles. The van der Waals surface area contributed by atoms with Gasteiger partial charge in [-0.1, -0.05) is 6.92 Å². The molecule has 2 N–H and O–H groups in total. The SMILES string of the molecule is CN(C)CCNC(=O)C1(C)CCNCC1. The van der Waals surface area contributed by atoms with Crippen LogP contribution in [0.25, 0.3) is 0 Å². The number of piperidine rings is 1. The Morgan fingerprint density at radius 2 is 2.00 bits per heavy atom. The number of amides is 1. The van der Waals surface area contributed by atoms with Crippen LogP contribution in [-0.4, -0.2) is 51.1 Å². The summed E-state index contributed by atoms with van der Waals surface area (Å²) >= 11 is 0. The van der Waals surface area contributed by atoms with E-state index in [-0.39, 0.29) is 11.3 Å². The molecule has 0 aromatic heterocycles. The Labute approximate surface area is 92.4 Å². The van der Waals surface area contributed by atoms with Crippen molar-refractivity contribution >= 4 is 5.91 Å². The van der Waals surface area contributed by atoms with Crippen molar-refractivity contribution in [3.63, 3.8) is 0 Å². The Hall–Kier alpha value is -0.610. The highest BCUT2D eigenvalue weighted by Gasteiger charge is 2.33. The van der Waals surface area contributed by atoms with Crippen molar-refractivity contribution in [1.82, 2.24) is 15.5 Å². The van der Waals surface area contributed by atoms with Crippen molar-refractivity contribution in [2.24, 2.45) is 5.41 Å². The molecule has 4 heteroatoms. The van der Waals surface area contributed by atoms with Gasteiger partial charge in [-0.25, -0.2) is 0 Å². The summed E-state index contributed by atoms with van der Waals surface area (Å²) in [5.74, 6) is 0.214. The molecule has 0 spiro atoms. The maximum absolute atomic E-state index is 11.9. The molecule has 1 aliphatic rings. The van der Waals surface area contributed by atoms with Crippen LogP contribution in [0.3, 0.4) is 0 Å². The first-order chi connectivity index (χ1) is 7.04. The van der Waals surface area contributed by atoms with Gasteiger partial charge in [0.1, 0.15) is 0 Å². The van der Waals surface area contributed by atoms with E-state index in [0.717, 1.165) is 39.0 Å². The number of nitrogens with one attached hydrogen (secondary N) is 2. The van der Waals surface area contributed by atoms with E-state index in [1.807, 2.05) is 14.1 Å². The molecule has 88 valence electrons. The second-order valence-corrected chi connectivity index (χ2v) is 4.87. The number of hydrogen-bond acceptors (Lipinski definition) is 3. The van der Waals surface area contributed by atoms with Crippen LogP contribution in [0.15, 0.2) is 0 Å². The van der Waals surface area contributed by atoms with E-state index in [1.165, 1.54) is 0 Å². The second kappa shape index (κ2) is 5.47. The second-order valence-electron chi connectivity index (χ2n) is 4.87. The summed E-state index contributed by atoms with van der Waals surface area (Å²) in [5, 5.41) is 6.30. The third-order valence-corrected chi connectivity index (χ3v) is 3.10. The Balaban J connectivity index is 2.31. The molecule has 4 nitrogen and oxygen atoms in total. The molecule has 1 saturated heterocycles. The number of carbonyl (C=O) groups is 1. The monoisotopic (exact) mass is 213 g/mol. The fraction of sp³-hybridized carbons (Fsp3) is 0.909. The largest absolute Gasteiger partial charge is 0.354 e. The molecule has 1 rings (SSSR count).